The number of hydrogen-bond acceptors (Lipinski definition) is 3. The minimum absolute atomic E-state index is 0.0136. The molecule has 0 bridgehead atoms. The molecule has 2 N–H and O–H groups in total. The van der Waals surface area contributed by atoms with Gasteiger partial charge in [0.2, 0.25) is 11.8 Å². The van der Waals surface area contributed by atoms with Crippen LogP contribution in [0.15, 0.2) is 46.9 Å². The zero-order valence-electron chi connectivity index (χ0n) is 16.3. The fourth-order valence-corrected chi connectivity index (χ4v) is 3.79. The standard InChI is InChI=1S/C22H26BrN3O2/c1-15-6-7-20(12-16(15)2)24-21(27)14-26-10-8-17(9-11-26)22(28)25-19-5-3-4-18(23)13-19/h3-7,12-13,17H,8-11,14H2,1-2H3,(H,24,27)(H,25,28). The lowest BCUT2D eigenvalue weighted by Gasteiger charge is -2.30. The summed E-state index contributed by atoms with van der Waals surface area (Å²) < 4.78 is 0.940. The molecule has 1 aliphatic heterocycles. The molecule has 0 aliphatic carbocycles. The topological polar surface area (TPSA) is 61.4 Å². The van der Waals surface area contributed by atoms with Gasteiger partial charge in [0.05, 0.1) is 6.54 Å². The molecular formula is C22H26BrN3O2. The van der Waals surface area contributed by atoms with Gasteiger partial charge in [0.1, 0.15) is 0 Å². The fourth-order valence-electron chi connectivity index (χ4n) is 3.39. The SMILES string of the molecule is Cc1ccc(NC(=O)CN2CCC(C(=O)Nc3cccc(Br)c3)CC2)cc1C. The van der Waals surface area contributed by atoms with Crippen LogP contribution in [0.2, 0.25) is 0 Å². The first-order chi connectivity index (χ1) is 13.4. The van der Waals surface area contributed by atoms with Crippen LogP contribution >= 0.6 is 15.9 Å². The molecular weight excluding hydrogens is 418 g/mol. The number of carbonyl (C=O) groups excluding carboxylic acids is 2. The zero-order valence-corrected chi connectivity index (χ0v) is 17.9. The second-order valence-corrected chi connectivity index (χ2v) is 8.31. The molecule has 0 radical (unpaired) electrons. The highest BCUT2D eigenvalue weighted by atomic mass is 79.9. The van der Waals surface area contributed by atoms with E-state index >= 15 is 0 Å². The van der Waals surface area contributed by atoms with Gasteiger partial charge in [0.15, 0.2) is 0 Å². The van der Waals surface area contributed by atoms with Crippen molar-refractivity contribution < 1.29 is 9.59 Å². The summed E-state index contributed by atoms with van der Waals surface area (Å²) in [7, 11) is 0. The molecule has 1 saturated heterocycles. The first-order valence-electron chi connectivity index (χ1n) is 9.56. The predicted molar refractivity (Wildman–Crippen MR) is 116 cm³/mol. The number of piperidine rings is 1. The maximum absolute atomic E-state index is 12.5. The Hall–Kier alpha value is -2.18. The maximum Gasteiger partial charge on any atom is 0.238 e. The first-order valence-corrected chi connectivity index (χ1v) is 10.4. The number of hydrogen-bond donors (Lipinski definition) is 2. The minimum atomic E-state index is -0.0157. The lowest BCUT2D eigenvalue weighted by Crippen LogP contribution is -2.41. The Bertz CT molecular complexity index is 861. The van der Waals surface area contributed by atoms with E-state index in [1.54, 1.807) is 0 Å². The summed E-state index contributed by atoms with van der Waals surface area (Å²) >= 11 is 3.41. The highest BCUT2D eigenvalue weighted by Crippen LogP contribution is 2.21. The number of nitrogens with one attached hydrogen (secondary N) is 2. The van der Waals surface area contributed by atoms with Crippen LogP contribution in [0.5, 0.6) is 0 Å². The number of carbonyl (C=O) groups is 2. The van der Waals surface area contributed by atoms with Gasteiger partial charge in [0, 0.05) is 21.8 Å². The van der Waals surface area contributed by atoms with Crippen LogP contribution < -0.4 is 10.6 Å². The van der Waals surface area contributed by atoms with Gasteiger partial charge in [0.25, 0.3) is 0 Å². The molecule has 3 rings (SSSR count). The third kappa shape index (κ3) is 5.66. The van der Waals surface area contributed by atoms with Gasteiger partial charge < -0.3 is 10.6 Å². The molecule has 1 fully saturated rings. The molecule has 2 aromatic rings. The molecule has 6 heteroatoms. The van der Waals surface area contributed by atoms with Gasteiger partial charge in [-0.2, -0.15) is 0 Å². The Labute approximate surface area is 174 Å². The van der Waals surface area contributed by atoms with Crippen molar-refractivity contribution in [3.63, 3.8) is 0 Å². The smallest absolute Gasteiger partial charge is 0.238 e. The van der Waals surface area contributed by atoms with Gasteiger partial charge in [-0.25, -0.2) is 0 Å². The van der Waals surface area contributed by atoms with E-state index in [0.29, 0.717) is 6.54 Å². The zero-order chi connectivity index (χ0) is 20.1. The molecule has 0 atom stereocenters. The monoisotopic (exact) mass is 443 g/mol. The summed E-state index contributed by atoms with van der Waals surface area (Å²) in [5.74, 6) is 0.0238. The summed E-state index contributed by atoms with van der Waals surface area (Å²) in [6.07, 6.45) is 1.52. The van der Waals surface area contributed by atoms with Crippen LogP contribution in [0.3, 0.4) is 0 Å². The lowest BCUT2D eigenvalue weighted by atomic mass is 9.96. The largest absolute Gasteiger partial charge is 0.326 e. The molecule has 148 valence electrons. The van der Waals surface area contributed by atoms with E-state index in [9.17, 15) is 9.59 Å². The Morgan fingerprint density at radius 3 is 2.39 bits per heavy atom. The number of anilines is 2. The summed E-state index contributed by atoms with van der Waals surface area (Å²) in [5.41, 5.74) is 4.00. The van der Waals surface area contributed by atoms with E-state index in [-0.39, 0.29) is 17.7 Å². The van der Waals surface area contributed by atoms with E-state index in [1.165, 1.54) is 5.56 Å². The van der Waals surface area contributed by atoms with Gasteiger partial charge in [-0.05, 0) is 81.2 Å². The highest BCUT2D eigenvalue weighted by molar-refractivity contribution is 9.10. The van der Waals surface area contributed by atoms with Crippen molar-refractivity contribution in [3.05, 3.63) is 58.1 Å². The second kappa shape index (κ2) is 9.34. The second-order valence-electron chi connectivity index (χ2n) is 7.40. The number of amides is 2. The quantitative estimate of drug-likeness (QED) is 0.721. The van der Waals surface area contributed by atoms with Gasteiger partial charge >= 0.3 is 0 Å². The van der Waals surface area contributed by atoms with E-state index in [4.69, 9.17) is 0 Å². The molecule has 28 heavy (non-hydrogen) atoms. The number of aryl methyl sites for hydroxylation is 2. The van der Waals surface area contributed by atoms with E-state index < -0.39 is 0 Å². The summed E-state index contributed by atoms with van der Waals surface area (Å²) in [5, 5.41) is 5.95. The number of likely N-dealkylation sites (tertiary alicyclic amines) is 1. The third-order valence-electron chi connectivity index (χ3n) is 5.21. The number of rotatable bonds is 5. The minimum Gasteiger partial charge on any atom is -0.326 e. The summed E-state index contributed by atoms with van der Waals surface area (Å²) in [6, 6.07) is 13.5. The Kier molecular flexibility index (Phi) is 6.86. The Morgan fingerprint density at radius 1 is 1.00 bits per heavy atom. The van der Waals surface area contributed by atoms with Crippen LogP contribution in [-0.4, -0.2) is 36.3 Å². The van der Waals surface area contributed by atoms with E-state index in [0.717, 1.165) is 47.3 Å². The molecule has 0 aromatic heterocycles. The van der Waals surface area contributed by atoms with E-state index in [1.807, 2.05) is 49.4 Å². The van der Waals surface area contributed by atoms with Crippen molar-refractivity contribution in [2.24, 2.45) is 5.92 Å². The average Bonchev–Trinajstić information content (AvgIpc) is 2.65. The molecule has 0 spiro atoms. The predicted octanol–water partition coefficient (Wildman–Crippen LogP) is 4.36. The van der Waals surface area contributed by atoms with Crippen LogP contribution in [0.1, 0.15) is 24.0 Å². The first kappa shape index (κ1) is 20.6. The van der Waals surface area contributed by atoms with Crippen molar-refractivity contribution in [3.8, 4) is 0 Å². The molecule has 2 amide bonds. The molecule has 5 nitrogen and oxygen atoms in total. The van der Waals surface area contributed by atoms with Crippen molar-refractivity contribution in [2.75, 3.05) is 30.3 Å². The molecule has 1 aliphatic rings. The van der Waals surface area contributed by atoms with Crippen LogP contribution in [0.25, 0.3) is 0 Å². The maximum atomic E-state index is 12.5. The van der Waals surface area contributed by atoms with Crippen LogP contribution in [0.4, 0.5) is 11.4 Å². The Balaban J connectivity index is 1.45. The van der Waals surface area contributed by atoms with Crippen molar-refractivity contribution in [1.82, 2.24) is 4.90 Å². The summed E-state index contributed by atoms with van der Waals surface area (Å²) in [4.78, 5) is 26.9. The van der Waals surface area contributed by atoms with Crippen molar-refractivity contribution in [1.29, 1.82) is 0 Å². The normalized spacial score (nSPS) is 15.2. The lowest BCUT2D eigenvalue weighted by molar-refractivity contribution is -0.121. The van der Waals surface area contributed by atoms with Gasteiger partial charge in [-0.3, -0.25) is 14.5 Å². The number of benzene rings is 2. The molecule has 2 aromatic carbocycles. The van der Waals surface area contributed by atoms with Crippen molar-refractivity contribution in [2.45, 2.75) is 26.7 Å². The molecule has 0 saturated carbocycles. The number of halogens is 1. The summed E-state index contributed by atoms with van der Waals surface area (Å²) in [6.45, 7) is 5.94. The number of nitrogens with zero attached hydrogens (tertiary/aromatic N) is 1. The Morgan fingerprint density at radius 2 is 1.71 bits per heavy atom. The molecule has 0 unspecified atom stereocenters. The highest BCUT2D eigenvalue weighted by Gasteiger charge is 2.26. The average molecular weight is 444 g/mol. The third-order valence-corrected chi connectivity index (χ3v) is 5.70. The van der Waals surface area contributed by atoms with E-state index in [2.05, 4.69) is 38.4 Å². The molecule has 1 heterocycles. The van der Waals surface area contributed by atoms with Crippen LogP contribution in [0, 0.1) is 19.8 Å². The van der Waals surface area contributed by atoms with Crippen LogP contribution in [-0.2, 0) is 9.59 Å². The fraction of sp³-hybridized carbons (Fsp3) is 0.364. The van der Waals surface area contributed by atoms with Gasteiger partial charge in [-0.1, -0.05) is 28.1 Å². The van der Waals surface area contributed by atoms with Gasteiger partial charge in [-0.15, -0.1) is 0 Å². The van der Waals surface area contributed by atoms with Crippen molar-refractivity contribution >= 4 is 39.1 Å².